The van der Waals surface area contributed by atoms with E-state index in [1.54, 1.807) is 6.26 Å². The Morgan fingerprint density at radius 3 is 2.88 bits per heavy atom. The van der Waals surface area contributed by atoms with Crippen LogP contribution in [-0.2, 0) is 4.79 Å². The Morgan fingerprint density at radius 1 is 1.44 bits per heavy atom. The largest absolute Gasteiger partial charge is 0.481 e. The Labute approximate surface area is 93.7 Å². The van der Waals surface area contributed by atoms with Crippen LogP contribution < -0.4 is 0 Å². The SMILES string of the molecule is CCC(CC(=O)O)c1coc2ccccc12. The summed E-state index contributed by atoms with van der Waals surface area (Å²) >= 11 is 0. The van der Waals surface area contributed by atoms with E-state index in [9.17, 15) is 4.79 Å². The fraction of sp³-hybridized carbons (Fsp3) is 0.308. The van der Waals surface area contributed by atoms with E-state index in [2.05, 4.69) is 0 Å². The summed E-state index contributed by atoms with van der Waals surface area (Å²) in [6.45, 7) is 2.00. The molecule has 2 aromatic rings. The van der Waals surface area contributed by atoms with Gasteiger partial charge in [-0.3, -0.25) is 4.79 Å². The highest BCUT2D eigenvalue weighted by Gasteiger charge is 2.18. The predicted molar refractivity (Wildman–Crippen MR) is 61.5 cm³/mol. The summed E-state index contributed by atoms with van der Waals surface area (Å²) in [5.74, 6) is -0.738. The lowest BCUT2D eigenvalue weighted by atomic mass is 9.93. The fourth-order valence-electron chi connectivity index (χ4n) is 2.00. The Hall–Kier alpha value is -1.77. The van der Waals surface area contributed by atoms with Gasteiger partial charge in [-0.15, -0.1) is 0 Å². The molecule has 0 radical (unpaired) electrons. The average molecular weight is 218 g/mol. The highest BCUT2D eigenvalue weighted by molar-refractivity contribution is 5.82. The van der Waals surface area contributed by atoms with E-state index in [1.165, 1.54) is 0 Å². The van der Waals surface area contributed by atoms with E-state index in [0.29, 0.717) is 0 Å². The summed E-state index contributed by atoms with van der Waals surface area (Å²) in [6, 6.07) is 7.72. The first kappa shape index (κ1) is 10.7. The molecule has 0 bridgehead atoms. The number of aliphatic carboxylic acids is 1. The number of carboxylic acids is 1. The van der Waals surface area contributed by atoms with Crippen LogP contribution in [0.4, 0.5) is 0 Å². The van der Waals surface area contributed by atoms with Gasteiger partial charge in [0, 0.05) is 10.9 Å². The van der Waals surface area contributed by atoms with Crippen LogP contribution in [0.3, 0.4) is 0 Å². The van der Waals surface area contributed by atoms with Gasteiger partial charge in [-0.25, -0.2) is 0 Å². The molecule has 0 aliphatic rings. The number of hydrogen-bond donors (Lipinski definition) is 1. The van der Waals surface area contributed by atoms with Gasteiger partial charge in [0.25, 0.3) is 0 Å². The molecular formula is C13H14O3. The molecule has 3 nitrogen and oxygen atoms in total. The third-order valence-electron chi connectivity index (χ3n) is 2.86. The first-order chi connectivity index (χ1) is 7.72. The predicted octanol–water partition coefficient (Wildman–Crippen LogP) is 3.40. The third-order valence-corrected chi connectivity index (χ3v) is 2.86. The van der Waals surface area contributed by atoms with E-state index in [4.69, 9.17) is 9.52 Å². The van der Waals surface area contributed by atoms with Gasteiger partial charge < -0.3 is 9.52 Å². The Bertz CT molecular complexity index is 499. The molecule has 1 aromatic heterocycles. The van der Waals surface area contributed by atoms with Gasteiger partial charge in [0.05, 0.1) is 12.7 Å². The number of carbonyl (C=O) groups is 1. The number of furan rings is 1. The average Bonchev–Trinajstić information content (AvgIpc) is 2.69. The zero-order valence-electron chi connectivity index (χ0n) is 9.14. The van der Waals surface area contributed by atoms with Crippen LogP contribution in [0, 0.1) is 0 Å². The van der Waals surface area contributed by atoms with Crippen molar-refractivity contribution in [2.24, 2.45) is 0 Å². The van der Waals surface area contributed by atoms with Gasteiger partial charge in [0.2, 0.25) is 0 Å². The van der Waals surface area contributed by atoms with Gasteiger partial charge in [0.1, 0.15) is 5.58 Å². The van der Waals surface area contributed by atoms with Crippen molar-refractivity contribution in [3.8, 4) is 0 Å². The van der Waals surface area contributed by atoms with Crippen molar-refractivity contribution in [3.63, 3.8) is 0 Å². The highest BCUT2D eigenvalue weighted by atomic mass is 16.4. The van der Waals surface area contributed by atoms with Crippen molar-refractivity contribution in [1.29, 1.82) is 0 Å². The van der Waals surface area contributed by atoms with Crippen molar-refractivity contribution in [1.82, 2.24) is 0 Å². The molecule has 1 heterocycles. The summed E-state index contributed by atoms with van der Waals surface area (Å²) in [5.41, 5.74) is 1.82. The van der Waals surface area contributed by atoms with Crippen LogP contribution >= 0.6 is 0 Å². The first-order valence-corrected chi connectivity index (χ1v) is 5.40. The topological polar surface area (TPSA) is 50.4 Å². The van der Waals surface area contributed by atoms with Crippen LogP contribution in [-0.4, -0.2) is 11.1 Å². The van der Waals surface area contributed by atoms with Gasteiger partial charge in [-0.2, -0.15) is 0 Å². The Morgan fingerprint density at radius 2 is 2.19 bits per heavy atom. The van der Waals surface area contributed by atoms with Crippen molar-refractivity contribution >= 4 is 16.9 Å². The number of hydrogen-bond acceptors (Lipinski definition) is 2. The van der Waals surface area contributed by atoms with Crippen LogP contribution in [0.1, 0.15) is 31.2 Å². The summed E-state index contributed by atoms with van der Waals surface area (Å²) in [7, 11) is 0. The molecule has 0 fully saturated rings. The van der Waals surface area contributed by atoms with Gasteiger partial charge >= 0.3 is 5.97 Å². The lowest BCUT2D eigenvalue weighted by Gasteiger charge is -2.10. The second-order valence-corrected chi connectivity index (χ2v) is 3.89. The van der Waals surface area contributed by atoms with E-state index in [-0.39, 0.29) is 12.3 Å². The lowest BCUT2D eigenvalue weighted by Crippen LogP contribution is -2.04. The monoisotopic (exact) mass is 218 g/mol. The molecule has 1 N–H and O–H groups in total. The standard InChI is InChI=1S/C13H14O3/c1-2-9(7-13(14)15)11-8-16-12-6-4-3-5-10(11)12/h3-6,8-9H,2,7H2,1H3,(H,14,15). The maximum absolute atomic E-state index is 10.8. The molecule has 0 aliphatic carbocycles. The van der Waals surface area contributed by atoms with E-state index in [0.717, 1.165) is 23.0 Å². The molecule has 0 saturated heterocycles. The summed E-state index contributed by atoms with van der Waals surface area (Å²) in [4.78, 5) is 10.8. The minimum atomic E-state index is -0.767. The van der Waals surface area contributed by atoms with Crippen molar-refractivity contribution in [2.45, 2.75) is 25.7 Å². The van der Waals surface area contributed by atoms with Crippen LogP contribution in [0.25, 0.3) is 11.0 Å². The van der Waals surface area contributed by atoms with Gasteiger partial charge in [-0.1, -0.05) is 25.1 Å². The molecular weight excluding hydrogens is 204 g/mol. The molecule has 84 valence electrons. The second kappa shape index (κ2) is 4.39. The van der Waals surface area contributed by atoms with Crippen molar-refractivity contribution < 1.29 is 14.3 Å². The Balaban J connectivity index is 2.41. The summed E-state index contributed by atoms with van der Waals surface area (Å²) in [6.07, 6.45) is 2.64. The molecule has 1 atom stereocenters. The van der Waals surface area contributed by atoms with Gasteiger partial charge in [-0.05, 0) is 18.4 Å². The number of carboxylic acid groups (broad SMARTS) is 1. The number of benzene rings is 1. The molecule has 2 rings (SSSR count). The molecule has 0 amide bonds. The first-order valence-electron chi connectivity index (χ1n) is 5.40. The maximum Gasteiger partial charge on any atom is 0.303 e. The lowest BCUT2D eigenvalue weighted by molar-refractivity contribution is -0.137. The van der Waals surface area contributed by atoms with Crippen LogP contribution in [0.2, 0.25) is 0 Å². The molecule has 1 aromatic carbocycles. The minimum Gasteiger partial charge on any atom is -0.481 e. The molecule has 3 heteroatoms. The second-order valence-electron chi connectivity index (χ2n) is 3.89. The normalized spacial score (nSPS) is 12.8. The van der Waals surface area contributed by atoms with Crippen LogP contribution in [0.15, 0.2) is 34.9 Å². The quantitative estimate of drug-likeness (QED) is 0.855. The summed E-state index contributed by atoms with van der Waals surface area (Å²) < 4.78 is 5.42. The molecule has 16 heavy (non-hydrogen) atoms. The molecule has 0 saturated carbocycles. The van der Waals surface area contributed by atoms with Gasteiger partial charge in [0.15, 0.2) is 0 Å². The maximum atomic E-state index is 10.8. The molecule has 0 aliphatic heterocycles. The zero-order valence-corrected chi connectivity index (χ0v) is 9.14. The number of fused-ring (bicyclic) bond motifs is 1. The molecule has 0 spiro atoms. The third kappa shape index (κ3) is 1.94. The number of rotatable bonds is 4. The smallest absolute Gasteiger partial charge is 0.303 e. The zero-order chi connectivity index (χ0) is 11.5. The van der Waals surface area contributed by atoms with E-state index in [1.807, 2.05) is 31.2 Å². The van der Waals surface area contributed by atoms with E-state index < -0.39 is 5.97 Å². The highest BCUT2D eigenvalue weighted by Crippen LogP contribution is 2.31. The minimum absolute atomic E-state index is 0.0288. The fourth-order valence-corrected chi connectivity index (χ4v) is 2.00. The van der Waals surface area contributed by atoms with Crippen molar-refractivity contribution in [2.75, 3.05) is 0 Å². The number of para-hydroxylation sites is 1. The summed E-state index contributed by atoms with van der Waals surface area (Å²) in [5, 5.41) is 9.88. The van der Waals surface area contributed by atoms with Crippen molar-refractivity contribution in [3.05, 3.63) is 36.1 Å². The van der Waals surface area contributed by atoms with E-state index >= 15 is 0 Å². The van der Waals surface area contributed by atoms with Crippen LogP contribution in [0.5, 0.6) is 0 Å². The molecule has 1 unspecified atom stereocenters. The Kier molecular flexibility index (Phi) is 2.95.